The van der Waals surface area contributed by atoms with Crippen molar-refractivity contribution >= 4 is 28.6 Å². The molecule has 0 aliphatic rings. The molecule has 2 N–H and O–H groups in total. The number of thiazole rings is 1. The molecule has 0 aliphatic carbocycles. The number of anilines is 1. The van der Waals surface area contributed by atoms with Gasteiger partial charge in [0.15, 0.2) is 0 Å². The Hall–Kier alpha value is -2.48. The first-order chi connectivity index (χ1) is 10.4. The van der Waals surface area contributed by atoms with E-state index in [4.69, 9.17) is 0 Å². The largest absolute Gasteiger partial charge is 0.373 e. The average Bonchev–Trinajstić information content (AvgIpc) is 2.82. The van der Waals surface area contributed by atoms with Gasteiger partial charge in [-0.05, 0) is 26.0 Å². The van der Waals surface area contributed by atoms with Gasteiger partial charge >= 0.3 is 0 Å². The molecule has 116 valence electrons. The van der Waals surface area contributed by atoms with E-state index in [9.17, 15) is 14.9 Å². The number of hydrogen-bond acceptors (Lipinski definition) is 6. The summed E-state index contributed by atoms with van der Waals surface area (Å²) in [4.78, 5) is 27.7. The van der Waals surface area contributed by atoms with Crippen molar-refractivity contribution in [2.24, 2.45) is 0 Å². The highest BCUT2D eigenvalue weighted by Crippen LogP contribution is 2.27. The van der Waals surface area contributed by atoms with E-state index in [-0.39, 0.29) is 17.2 Å². The molecule has 1 aromatic heterocycles. The third-order valence-electron chi connectivity index (χ3n) is 3.19. The SMILES string of the molecule is CNC(=O)c1ccc(NCc2nc(C)c(C)s2)c([N+](=O)[O-])c1. The molecule has 0 unspecified atom stereocenters. The van der Waals surface area contributed by atoms with Crippen molar-refractivity contribution in [1.29, 1.82) is 0 Å². The van der Waals surface area contributed by atoms with Gasteiger partial charge in [0.05, 0.1) is 17.2 Å². The van der Waals surface area contributed by atoms with Crippen LogP contribution in [0.5, 0.6) is 0 Å². The summed E-state index contributed by atoms with van der Waals surface area (Å²) >= 11 is 1.55. The lowest BCUT2D eigenvalue weighted by Crippen LogP contribution is -2.18. The van der Waals surface area contributed by atoms with Crippen LogP contribution in [0.15, 0.2) is 18.2 Å². The second kappa shape index (κ2) is 6.52. The van der Waals surface area contributed by atoms with E-state index in [0.717, 1.165) is 15.6 Å². The van der Waals surface area contributed by atoms with Crippen LogP contribution in [0.4, 0.5) is 11.4 Å². The quantitative estimate of drug-likeness (QED) is 0.652. The minimum atomic E-state index is -0.507. The number of amides is 1. The van der Waals surface area contributed by atoms with Gasteiger partial charge in [0.2, 0.25) is 0 Å². The molecule has 2 rings (SSSR count). The lowest BCUT2D eigenvalue weighted by Gasteiger charge is -2.07. The van der Waals surface area contributed by atoms with E-state index in [0.29, 0.717) is 12.2 Å². The number of hydrogen-bond donors (Lipinski definition) is 2. The monoisotopic (exact) mass is 320 g/mol. The smallest absolute Gasteiger partial charge is 0.293 e. The number of nitrogens with one attached hydrogen (secondary N) is 2. The molecular formula is C14H16N4O3S. The lowest BCUT2D eigenvalue weighted by atomic mass is 10.1. The number of aryl methyl sites for hydroxylation is 2. The molecule has 0 saturated heterocycles. The molecule has 0 saturated carbocycles. The Morgan fingerprint density at radius 2 is 2.14 bits per heavy atom. The summed E-state index contributed by atoms with van der Waals surface area (Å²) in [7, 11) is 1.48. The Balaban J connectivity index is 2.22. The Bertz CT molecular complexity index is 707. The summed E-state index contributed by atoms with van der Waals surface area (Å²) in [6, 6.07) is 4.35. The van der Waals surface area contributed by atoms with Crippen LogP contribution in [0.1, 0.15) is 25.9 Å². The molecule has 2 aromatic rings. The first-order valence-corrected chi connectivity index (χ1v) is 7.41. The molecule has 1 amide bonds. The molecule has 0 aliphatic heterocycles. The van der Waals surface area contributed by atoms with Gasteiger partial charge in [-0.2, -0.15) is 0 Å². The fourth-order valence-corrected chi connectivity index (χ4v) is 2.78. The third kappa shape index (κ3) is 3.40. The Labute approximate surface area is 131 Å². The van der Waals surface area contributed by atoms with Gasteiger partial charge in [-0.25, -0.2) is 4.98 Å². The summed E-state index contributed by atoms with van der Waals surface area (Å²) in [6.07, 6.45) is 0. The first-order valence-electron chi connectivity index (χ1n) is 6.59. The van der Waals surface area contributed by atoms with Gasteiger partial charge in [-0.1, -0.05) is 0 Å². The summed E-state index contributed by atoms with van der Waals surface area (Å²) in [5.41, 5.74) is 1.45. The Kier molecular flexibility index (Phi) is 4.71. The molecule has 0 atom stereocenters. The van der Waals surface area contributed by atoms with Gasteiger partial charge in [0.25, 0.3) is 11.6 Å². The summed E-state index contributed by atoms with van der Waals surface area (Å²) in [5.74, 6) is -0.360. The number of carbonyl (C=O) groups excluding carboxylic acids is 1. The zero-order valence-corrected chi connectivity index (χ0v) is 13.3. The fraction of sp³-hybridized carbons (Fsp3) is 0.286. The standard InChI is InChI=1S/C14H16N4O3S/c1-8-9(2)22-13(17-8)7-16-11-5-4-10(14(19)15-3)6-12(11)18(20)21/h4-6,16H,7H2,1-3H3,(H,15,19). The van der Waals surface area contributed by atoms with Gasteiger partial charge < -0.3 is 10.6 Å². The predicted octanol–water partition coefficient (Wildman–Crippen LogP) is 2.64. The van der Waals surface area contributed by atoms with E-state index < -0.39 is 4.92 Å². The van der Waals surface area contributed by atoms with Crippen molar-refractivity contribution in [3.05, 3.63) is 49.5 Å². The number of aromatic nitrogens is 1. The predicted molar refractivity (Wildman–Crippen MR) is 85.4 cm³/mol. The second-order valence-electron chi connectivity index (χ2n) is 4.67. The van der Waals surface area contributed by atoms with E-state index in [1.54, 1.807) is 17.4 Å². The van der Waals surface area contributed by atoms with Crippen LogP contribution in [0.2, 0.25) is 0 Å². The molecule has 7 nitrogen and oxygen atoms in total. The zero-order chi connectivity index (χ0) is 16.3. The molecule has 0 radical (unpaired) electrons. The van der Waals surface area contributed by atoms with Gasteiger partial charge in [0.1, 0.15) is 10.7 Å². The highest BCUT2D eigenvalue weighted by molar-refractivity contribution is 7.11. The van der Waals surface area contributed by atoms with Crippen molar-refractivity contribution in [1.82, 2.24) is 10.3 Å². The number of nitro benzene ring substituents is 1. The van der Waals surface area contributed by atoms with Crippen molar-refractivity contribution in [2.75, 3.05) is 12.4 Å². The summed E-state index contributed by atoms with van der Waals surface area (Å²) < 4.78 is 0. The second-order valence-corrected chi connectivity index (χ2v) is 5.96. The highest BCUT2D eigenvalue weighted by Gasteiger charge is 2.17. The van der Waals surface area contributed by atoms with Crippen molar-refractivity contribution in [3.63, 3.8) is 0 Å². The van der Waals surface area contributed by atoms with Crippen LogP contribution in [-0.4, -0.2) is 22.9 Å². The van der Waals surface area contributed by atoms with Crippen LogP contribution in [0.3, 0.4) is 0 Å². The number of nitro groups is 1. The molecule has 8 heteroatoms. The first kappa shape index (κ1) is 15.9. The Morgan fingerprint density at radius 3 is 2.68 bits per heavy atom. The van der Waals surface area contributed by atoms with Crippen molar-refractivity contribution in [3.8, 4) is 0 Å². The number of nitrogens with zero attached hydrogens (tertiary/aromatic N) is 2. The number of benzene rings is 1. The normalized spacial score (nSPS) is 10.3. The third-order valence-corrected chi connectivity index (χ3v) is 4.26. The van der Waals surface area contributed by atoms with Crippen molar-refractivity contribution in [2.45, 2.75) is 20.4 Å². The minimum absolute atomic E-state index is 0.133. The lowest BCUT2D eigenvalue weighted by molar-refractivity contribution is -0.384. The molecule has 1 aromatic carbocycles. The topological polar surface area (TPSA) is 97.2 Å². The maximum atomic E-state index is 11.6. The van der Waals surface area contributed by atoms with Crippen LogP contribution in [0.25, 0.3) is 0 Å². The molecular weight excluding hydrogens is 304 g/mol. The fourth-order valence-electron chi connectivity index (χ4n) is 1.90. The van der Waals surface area contributed by atoms with E-state index >= 15 is 0 Å². The molecule has 0 bridgehead atoms. The van der Waals surface area contributed by atoms with Gasteiger partial charge in [-0.15, -0.1) is 11.3 Å². The number of rotatable bonds is 5. The maximum Gasteiger partial charge on any atom is 0.293 e. The minimum Gasteiger partial charge on any atom is -0.373 e. The molecule has 22 heavy (non-hydrogen) atoms. The van der Waals surface area contributed by atoms with Gasteiger partial charge in [0, 0.05) is 23.6 Å². The van der Waals surface area contributed by atoms with Crippen LogP contribution in [0, 0.1) is 24.0 Å². The molecule has 1 heterocycles. The number of carbonyl (C=O) groups is 1. The van der Waals surface area contributed by atoms with Crippen LogP contribution in [-0.2, 0) is 6.54 Å². The van der Waals surface area contributed by atoms with E-state index in [2.05, 4.69) is 15.6 Å². The van der Waals surface area contributed by atoms with Gasteiger partial charge in [-0.3, -0.25) is 14.9 Å². The Morgan fingerprint density at radius 1 is 1.41 bits per heavy atom. The van der Waals surface area contributed by atoms with Crippen molar-refractivity contribution < 1.29 is 9.72 Å². The molecule has 0 spiro atoms. The maximum absolute atomic E-state index is 11.6. The molecule has 0 fully saturated rings. The summed E-state index contributed by atoms with van der Waals surface area (Å²) in [6.45, 7) is 4.31. The highest BCUT2D eigenvalue weighted by atomic mass is 32.1. The zero-order valence-electron chi connectivity index (χ0n) is 12.5. The summed E-state index contributed by atoms with van der Waals surface area (Å²) in [5, 5.41) is 17.5. The van der Waals surface area contributed by atoms with E-state index in [1.165, 1.54) is 19.2 Å². The van der Waals surface area contributed by atoms with E-state index in [1.807, 2.05) is 13.8 Å². The van der Waals surface area contributed by atoms with Crippen LogP contribution < -0.4 is 10.6 Å². The average molecular weight is 320 g/mol. The van der Waals surface area contributed by atoms with Crippen LogP contribution >= 0.6 is 11.3 Å².